The average molecular weight is 762 g/mol. The predicted molar refractivity (Wildman–Crippen MR) is 236 cm³/mol. The lowest BCUT2D eigenvalue weighted by molar-refractivity contribution is 0.726. The normalized spacial score (nSPS) is 13.3. The fraction of sp³-hybridized carbons (Fsp3) is 0.0192. The molecule has 1 aliphatic heterocycles. The molecule has 0 N–H and O–H groups in total. The van der Waals surface area contributed by atoms with Gasteiger partial charge in [0.25, 0.3) is 0 Å². The van der Waals surface area contributed by atoms with Crippen molar-refractivity contribution >= 4 is 43.3 Å². The number of benzene rings is 8. The maximum Gasteiger partial charge on any atom is 0.165 e. The zero-order valence-corrected chi connectivity index (χ0v) is 32.2. The Morgan fingerprint density at radius 1 is 0.333 bits per heavy atom. The molecular weight excluding hydrogens is 731 g/mol. The van der Waals surface area contributed by atoms with Crippen LogP contribution in [-0.4, -0.2) is 15.0 Å². The molecule has 3 heterocycles. The fourth-order valence-electron chi connectivity index (χ4n) is 9.13. The Balaban J connectivity index is 1.08. The molecule has 266 valence electrons. The summed E-state index contributed by atoms with van der Waals surface area (Å²) in [5.74, 6) is 1.98. The van der Waals surface area contributed by atoms with Crippen molar-refractivity contribution in [1.82, 2.24) is 15.0 Å². The predicted octanol–water partition coefficient (Wildman–Crippen LogP) is 13.7. The topological polar surface area (TPSA) is 38.7 Å². The van der Waals surface area contributed by atoms with Crippen LogP contribution in [0.15, 0.2) is 198 Å². The van der Waals surface area contributed by atoms with E-state index in [0.717, 1.165) is 22.3 Å². The summed E-state index contributed by atoms with van der Waals surface area (Å²) < 4.78 is 2.47. The Kier molecular flexibility index (Phi) is 7.25. The Labute approximate surface area is 338 Å². The van der Waals surface area contributed by atoms with Crippen molar-refractivity contribution < 1.29 is 0 Å². The first-order valence-corrected chi connectivity index (χ1v) is 20.8. The molecule has 5 heteroatoms. The highest BCUT2D eigenvalue weighted by atomic mass is 32.2. The molecule has 0 saturated heterocycles. The maximum absolute atomic E-state index is 5.23. The van der Waals surface area contributed by atoms with Crippen molar-refractivity contribution in [1.29, 1.82) is 0 Å². The molecule has 8 aromatic carbocycles. The van der Waals surface area contributed by atoms with E-state index < -0.39 is 5.41 Å². The van der Waals surface area contributed by atoms with Crippen LogP contribution in [0.2, 0.25) is 0 Å². The van der Waals surface area contributed by atoms with E-state index in [1.165, 1.54) is 68.9 Å². The molecule has 57 heavy (non-hydrogen) atoms. The summed E-state index contributed by atoms with van der Waals surface area (Å²) in [6, 6.07) is 67.6. The third-order valence-electron chi connectivity index (χ3n) is 11.6. The average Bonchev–Trinajstić information content (AvgIpc) is 3.82. The lowest BCUT2D eigenvalue weighted by Crippen LogP contribution is -2.31. The molecule has 1 spiro atoms. The van der Waals surface area contributed by atoms with Crippen LogP contribution >= 0.6 is 23.1 Å². The highest BCUT2D eigenvalue weighted by molar-refractivity contribution is 8.00. The summed E-state index contributed by atoms with van der Waals surface area (Å²) in [4.78, 5) is 18.1. The lowest BCUT2D eigenvalue weighted by Gasteiger charge is -2.39. The first kappa shape index (κ1) is 32.6. The lowest BCUT2D eigenvalue weighted by atomic mass is 9.67. The van der Waals surface area contributed by atoms with E-state index in [2.05, 4.69) is 164 Å². The molecule has 1 aliphatic carbocycles. The molecule has 0 unspecified atom stereocenters. The summed E-state index contributed by atoms with van der Waals surface area (Å²) in [6.07, 6.45) is 0. The van der Waals surface area contributed by atoms with Gasteiger partial charge >= 0.3 is 0 Å². The molecular formula is C52H31N3S2. The van der Waals surface area contributed by atoms with Crippen molar-refractivity contribution in [2.45, 2.75) is 15.2 Å². The van der Waals surface area contributed by atoms with Gasteiger partial charge < -0.3 is 0 Å². The van der Waals surface area contributed by atoms with Gasteiger partial charge in [0.1, 0.15) is 0 Å². The molecule has 0 fully saturated rings. The minimum absolute atomic E-state index is 0.415. The minimum Gasteiger partial charge on any atom is -0.208 e. The van der Waals surface area contributed by atoms with E-state index in [1.807, 2.05) is 47.4 Å². The van der Waals surface area contributed by atoms with E-state index in [9.17, 15) is 0 Å². The zero-order valence-electron chi connectivity index (χ0n) is 30.6. The van der Waals surface area contributed by atoms with E-state index in [-0.39, 0.29) is 0 Å². The van der Waals surface area contributed by atoms with Crippen LogP contribution in [0.3, 0.4) is 0 Å². The summed E-state index contributed by atoms with van der Waals surface area (Å²) in [5, 5.41) is 2.47. The number of nitrogens with zero attached hydrogens (tertiary/aromatic N) is 3. The molecule has 3 nitrogen and oxygen atoms in total. The van der Waals surface area contributed by atoms with Gasteiger partial charge in [-0.1, -0.05) is 188 Å². The highest BCUT2D eigenvalue weighted by Gasteiger charge is 2.50. The van der Waals surface area contributed by atoms with Gasteiger partial charge in [-0.2, -0.15) is 0 Å². The van der Waals surface area contributed by atoms with Crippen LogP contribution in [0.25, 0.3) is 76.6 Å². The van der Waals surface area contributed by atoms with Gasteiger partial charge in [-0.25, -0.2) is 15.0 Å². The third-order valence-corrected chi connectivity index (χ3v) is 14.2. The molecule has 0 atom stereocenters. The number of aromatic nitrogens is 3. The van der Waals surface area contributed by atoms with Crippen LogP contribution in [-0.2, 0) is 5.41 Å². The molecule has 0 amide bonds. The van der Waals surface area contributed by atoms with Crippen LogP contribution in [0, 0.1) is 0 Å². The second-order valence-electron chi connectivity index (χ2n) is 14.7. The summed E-state index contributed by atoms with van der Waals surface area (Å²) in [7, 11) is 0. The number of thiophene rings is 1. The SMILES string of the molecule is c1ccc(-c2ccc(-c3nc(-c4ccccc4)nc(-c4cccc5c4sc4c6c(ccc45)C4(c5ccccc5S6)c5ccccc5-c5ccccc54)n3)cc2)cc1. The van der Waals surface area contributed by atoms with E-state index in [4.69, 9.17) is 15.0 Å². The molecule has 12 rings (SSSR count). The van der Waals surface area contributed by atoms with E-state index in [0.29, 0.717) is 17.5 Å². The molecule has 10 aromatic rings. The van der Waals surface area contributed by atoms with Gasteiger partial charge in [-0.15, -0.1) is 11.3 Å². The van der Waals surface area contributed by atoms with Crippen molar-refractivity contribution in [3.05, 3.63) is 210 Å². The quantitative estimate of drug-likeness (QED) is 0.179. The summed E-state index contributed by atoms with van der Waals surface area (Å²) in [6.45, 7) is 0. The second-order valence-corrected chi connectivity index (χ2v) is 16.7. The number of rotatable bonds is 4. The van der Waals surface area contributed by atoms with Gasteiger partial charge in [-0.3, -0.25) is 0 Å². The molecule has 0 bridgehead atoms. The molecule has 0 radical (unpaired) electrons. The monoisotopic (exact) mass is 761 g/mol. The van der Waals surface area contributed by atoms with Gasteiger partial charge in [0.2, 0.25) is 0 Å². The van der Waals surface area contributed by atoms with Crippen LogP contribution in [0.4, 0.5) is 0 Å². The molecule has 2 aliphatic rings. The van der Waals surface area contributed by atoms with Crippen molar-refractivity contribution in [2.24, 2.45) is 0 Å². The van der Waals surface area contributed by atoms with Gasteiger partial charge in [0, 0.05) is 46.7 Å². The fourth-order valence-corrected chi connectivity index (χ4v) is 11.9. The van der Waals surface area contributed by atoms with E-state index in [1.54, 1.807) is 0 Å². The van der Waals surface area contributed by atoms with Crippen LogP contribution < -0.4 is 0 Å². The molecule has 2 aromatic heterocycles. The summed E-state index contributed by atoms with van der Waals surface area (Å²) >= 11 is 3.77. The maximum atomic E-state index is 5.23. The van der Waals surface area contributed by atoms with Gasteiger partial charge in [0.15, 0.2) is 17.5 Å². The largest absolute Gasteiger partial charge is 0.208 e. The van der Waals surface area contributed by atoms with Crippen molar-refractivity contribution in [3.8, 4) is 56.4 Å². The summed E-state index contributed by atoms with van der Waals surface area (Å²) in [5.41, 5.74) is 12.9. The number of fused-ring (bicyclic) bond motifs is 13. The Morgan fingerprint density at radius 2 is 0.842 bits per heavy atom. The van der Waals surface area contributed by atoms with Crippen molar-refractivity contribution in [2.75, 3.05) is 0 Å². The first-order valence-electron chi connectivity index (χ1n) is 19.2. The Hall–Kier alpha value is -6.66. The van der Waals surface area contributed by atoms with Crippen molar-refractivity contribution in [3.63, 3.8) is 0 Å². The van der Waals surface area contributed by atoms with Crippen LogP contribution in [0.5, 0.6) is 0 Å². The number of hydrogen-bond donors (Lipinski definition) is 0. The third kappa shape index (κ3) is 4.83. The van der Waals surface area contributed by atoms with E-state index >= 15 is 0 Å². The van der Waals surface area contributed by atoms with Gasteiger partial charge in [0.05, 0.1) is 5.41 Å². The standard InChI is InChI=1S/C52H31N3S2/c1-3-14-32(15-4-1)33-26-28-35(29-27-33)50-53-49(34-16-5-2-6-17-34)54-51(55-50)40-21-13-20-38-39-30-31-44-48(47(39)57-46(38)40)56-45-25-12-11-24-43(45)52(44)41-22-9-7-18-36(41)37-19-8-10-23-42(37)52/h1-31H. The minimum atomic E-state index is -0.415. The Morgan fingerprint density at radius 3 is 1.54 bits per heavy atom. The zero-order chi connectivity index (χ0) is 37.5. The second kappa shape index (κ2) is 12.7. The van der Waals surface area contributed by atoms with Gasteiger partial charge in [-0.05, 0) is 56.6 Å². The molecule has 0 saturated carbocycles. The highest BCUT2D eigenvalue weighted by Crippen LogP contribution is 2.63. The number of hydrogen-bond acceptors (Lipinski definition) is 5. The first-order chi connectivity index (χ1) is 28.3. The Bertz CT molecular complexity index is 3160. The van der Waals surface area contributed by atoms with Crippen LogP contribution in [0.1, 0.15) is 22.3 Å². The smallest absolute Gasteiger partial charge is 0.165 e.